The molecule has 3 aliphatic heterocycles. The molecule has 166 valence electrons. The van der Waals surface area contributed by atoms with Crippen LogP contribution >= 0.6 is 0 Å². The number of imide groups is 1. The summed E-state index contributed by atoms with van der Waals surface area (Å²) in [6.45, 7) is 3.05. The average Bonchev–Trinajstić information content (AvgIpc) is 3.10. The van der Waals surface area contributed by atoms with Crippen LogP contribution in [0.4, 0.5) is 4.39 Å². The summed E-state index contributed by atoms with van der Waals surface area (Å²) in [5.41, 5.74) is 3.83. The van der Waals surface area contributed by atoms with Gasteiger partial charge in [-0.1, -0.05) is 24.3 Å². The summed E-state index contributed by atoms with van der Waals surface area (Å²) in [6.07, 6.45) is 2.66. The number of amides is 3. The smallest absolute Gasteiger partial charge is 0.255 e. The summed E-state index contributed by atoms with van der Waals surface area (Å²) >= 11 is 0. The molecule has 1 atom stereocenters. The molecule has 3 aliphatic rings. The second-order valence-electron chi connectivity index (χ2n) is 9.00. The molecule has 7 heteroatoms. The van der Waals surface area contributed by atoms with E-state index in [1.165, 1.54) is 11.6 Å². The van der Waals surface area contributed by atoms with Crippen molar-refractivity contribution in [3.8, 4) is 0 Å². The number of fused-ring (bicyclic) bond motifs is 1. The van der Waals surface area contributed by atoms with Crippen molar-refractivity contribution in [3.05, 3.63) is 70.5 Å². The topological polar surface area (TPSA) is 69.7 Å². The van der Waals surface area contributed by atoms with Gasteiger partial charge in [-0.15, -0.1) is 0 Å². The number of hydrogen-bond donors (Lipinski definition) is 1. The van der Waals surface area contributed by atoms with Crippen LogP contribution in [0.1, 0.15) is 58.6 Å². The third-order valence-electron chi connectivity index (χ3n) is 6.90. The monoisotopic (exact) mass is 435 g/mol. The second kappa shape index (κ2) is 8.47. The highest BCUT2D eigenvalue weighted by Crippen LogP contribution is 2.34. The number of carbonyl (C=O) groups excluding carboxylic acids is 3. The van der Waals surface area contributed by atoms with Crippen LogP contribution in [-0.2, 0) is 22.7 Å². The maximum absolute atomic E-state index is 13.4. The van der Waals surface area contributed by atoms with Crippen molar-refractivity contribution in [2.24, 2.45) is 0 Å². The van der Waals surface area contributed by atoms with Gasteiger partial charge in [0.15, 0.2) is 0 Å². The van der Waals surface area contributed by atoms with Crippen molar-refractivity contribution in [1.82, 2.24) is 15.1 Å². The van der Waals surface area contributed by atoms with Gasteiger partial charge in [-0.25, -0.2) is 4.39 Å². The lowest BCUT2D eigenvalue weighted by molar-refractivity contribution is -0.136. The van der Waals surface area contributed by atoms with Crippen molar-refractivity contribution < 1.29 is 18.8 Å². The molecule has 0 bridgehead atoms. The van der Waals surface area contributed by atoms with Crippen molar-refractivity contribution in [1.29, 1.82) is 0 Å². The summed E-state index contributed by atoms with van der Waals surface area (Å²) in [5.74, 6) is -0.569. The van der Waals surface area contributed by atoms with Crippen molar-refractivity contribution in [2.45, 2.75) is 50.7 Å². The molecule has 2 saturated heterocycles. The van der Waals surface area contributed by atoms with Gasteiger partial charge in [0.2, 0.25) is 11.8 Å². The van der Waals surface area contributed by atoms with Crippen molar-refractivity contribution in [2.75, 3.05) is 13.1 Å². The van der Waals surface area contributed by atoms with Gasteiger partial charge in [-0.3, -0.25) is 24.6 Å². The largest absolute Gasteiger partial charge is 0.322 e. The van der Waals surface area contributed by atoms with Crippen LogP contribution in [0.15, 0.2) is 42.5 Å². The van der Waals surface area contributed by atoms with E-state index in [1.54, 1.807) is 17.0 Å². The number of likely N-dealkylation sites (tertiary alicyclic amines) is 1. The molecule has 1 unspecified atom stereocenters. The molecule has 5 rings (SSSR count). The first-order valence-electron chi connectivity index (χ1n) is 11.2. The molecule has 0 radical (unpaired) electrons. The Morgan fingerprint density at radius 1 is 1.00 bits per heavy atom. The van der Waals surface area contributed by atoms with Gasteiger partial charge in [0.25, 0.3) is 5.91 Å². The zero-order valence-corrected chi connectivity index (χ0v) is 17.9. The van der Waals surface area contributed by atoms with Crippen LogP contribution < -0.4 is 5.32 Å². The first-order chi connectivity index (χ1) is 15.5. The maximum Gasteiger partial charge on any atom is 0.255 e. The fourth-order valence-electron chi connectivity index (χ4n) is 5.17. The van der Waals surface area contributed by atoms with E-state index >= 15 is 0 Å². The lowest BCUT2D eigenvalue weighted by Crippen LogP contribution is -2.52. The summed E-state index contributed by atoms with van der Waals surface area (Å²) in [4.78, 5) is 40.5. The Morgan fingerprint density at radius 3 is 2.56 bits per heavy atom. The first kappa shape index (κ1) is 20.8. The molecule has 2 fully saturated rings. The summed E-state index contributed by atoms with van der Waals surface area (Å²) in [5, 5.41) is 2.34. The fraction of sp³-hybridized carbons (Fsp3) is 0.400. The summed E-state index contributed by atoms with van der Waals surface area (Å²) < 4.78 is 13.4. The zero-order chi connectivity index (χ0) is 22.2. The molecule has 2 aromatic rings. The first-order valence-corrected chi connectivity index (χ1v) is 11.2. The van der Waals surface area contributed by atoms with E-state index in [2.05, 4.69) is 16.3 Å². The predicted molar refractivity (Wildman–Crippen MR) is 116 cm³/mol. The highest BCUT2D eigenvalue weighted by atomic mass is 19.1. The number of halogens is 1. The Morgan fingerprint density at radius 2 is 1.81 bits per heavy atom. The minimum Gasteiger partial charge on any atom is -0.322 e. The third kappa shape index (κ3) is 4.05. The molecular weight excluding hydrogens is 409 g/mol. The van der Waals surface area contributed by atoms with Crippen LogP contribution in [0.2, 0.25) is 0 Å². The number of hydrogen-bond acceptors (Lipinski definition) is 4. The standard InChI is InChI=1S/C25H26FN3O3/c26-20-3-1-2-16(12-20)14-28-10-8-17(9-11-28)18-4-5-21-19(13-18)15-29(25(21)32)22-6-7-23(30)27-24(22)31/h1-5,12-13,17,22H,6-11,14-15H2,(H,27,30,31). The number of piperidine rings is 2. The molecule has 1 N–H and O–H groups in total. The second-order valence-corrected chi connectivity index (χ2v) is 9.00. The average molecular weight is 435 g/mol. The van der Waals surface area contributed by atoms with Crippen LogP contribution in [-0.4, -0.2) is 46.7 Å². The van der Waals surface area contributed by atoms with Gasteiger partial charge in [0.1, 0.15) is 11.9 Å². The maximum atomic E-state index is 13.4. The Kier molecular flexibility index (Phi) is 5.51. The van der Waals surface area contributed by atoms with Crippen LogP contribution in [0.25, 0.3) is 0 Å². The molecule has 3 amide bonds. The number of carbonyl (C=O) groups is 3. The molecule has 6 nitrogen and oxygen atoms in total. The Labute approximate surface area is 186 Å². The zero-order valence-electron chi connectivity index (χ0n) is 17.9. The van der Waals surface area contributed by atoms with E-state index in [1.807, 2.05) is 18.2 Å². The molecule has 0 spiro atoms. The van der Waals surface area contributed by atoms with Gasteiger partial charge in [-0.05, 0) is 73.2 Å². The van der Waals surface area contributed by atoms with E-state index in [4.69, 9.17) is 0 Å². The Balaban J connectivity index is 1.23. The van der Waals surface area contributed by atoms with Crippen molar-refractivity contribution in [3.63, 3.8) is 0 Å². The van der Waals surface area contributed by atoms with Crippen LogP contribution in [0, 0.1) is 5.82 Å². The van der Waals surface area contributed by atoms with E-state index in [-0.39, 0.29) is 30.0 Å². The SMILES string of the molecule is O=C1CCC(N2Cc3cc(C4CCN(Cc5cccc(F)c5)CC4)ccc3C2=O)C(=O)N1. The van der Waals surface area contributed by atoms with E-state index < -0.39 is 6.04 Å². The number of nitrogens with one attached hydrogen (secondary N) is 1. The molecule has 0 aromatic heterocycles. The normalized spacial score (nSPS) is 22.2. The van der Waals surface area contributed by atoms with Gasteiger partial charge in [0, 0.05) is 25.1 Å². The quantitative estimate of drug-likeness (QED) is 0.750. The third-order valence-corrected chi connectivity index (χ3v) is 6.90. The van der Waals surface area contributed by atoms with Gasteiger partial charge < -0.3 is 4.90 Å². The highest BCUT2D eigenvalue weighted by molar-refractivity contribution is 6.05. The van der Waals surface area contributed by atoms with E-state index in [0.29, 0.717) is 24.4 Å². The Hall–Kier alpha value is -3.06. The lowest BCUT2D eigenvalue weighted by Gasteiger charge is -2.32. The van der Waals surface area contributed by atoms with Gasteiger partial charge >= 0.3 is 0 Å². The van der Waals surface area contributed by atoms with E-state index in [9.17, 15) is 18.8 Å². The highest BCUT2D eigenvalue weighted by Gasteiger charge is 2.39. The molecule has 0 aliphatic carbocycles. The Bertz CT molecular complexity index is 1080. The molecule has 32 heavy (non-hydrogen) atoms. The minimum atomic E-state index is -0.581. The van der Waals surface area contributed by atoms with Crippen molar-refractivity contribution >= 4 is 17.7 Å². The molecular formula is C25H26FN3O3. The molecule has 3 heterocycles. The lowest BCUT2D eigenvalue weighted by atomic mass is 9.87. The molecule has 0 saturated carbocycles. The van der Waals surface area contributed by atoms with Gasteiger partial charge in [-0.2, -0.15) is 0 Å². The number of benzene rings is 2. The summed E-state index contributed by atoms with van der Waals surface area (Å²) in [7, 11) is 0. The number of rotatable bonds is 4. The number of nitrogens with zero attached hydrogens (tertiary/aromatic N) is 2. The summed E-state index contributed by atoms with van der Waals surface area (Å²) in [6, 6.07) is 12.2. The predicted octanol–water partition coefficient (Wildman–Crippen LogP) is 2.97. The van der Waals surface area contributed by atoms with Gasteiger partial charge in [0.05, 0.1) is 0 Å². The van der Waals surface area contributed by atoms with Crippen LogP contribution in [0.3, 0.4) is 0 Å². The van der Waals surface area contributed by atoms with Crippen LogP contribution in [0.5, 0.6) is 0 Å². The minimum absolute atomic E-state index is 0.133. The van der Waals surface area contributed by atoms with E-state index in [0.717, 1.165) is 43.6 Å². The molecule has 2 aromatic carbocycles. The fourth-order valence-corrected chi connectivity index (χ4v) is 5.17.